The van der Waals surface area contributed by atoms with Gasteiger partial charge in [0.1, 0.15) is 6.33 Å². The van der Waals surface area contributed by atoms with Crippen molar-refractivity contribution in [2.24, 2.45) is 0 Å². The molecule has 0 bridgehead atoms. The molecule has 1 aromatic rings. The van der Waals surface area contributed by atoms with Crippen LogP contribution in [0.2, 0.25) is 0 Å². The van der Waals surface area contributed by atoms with Gasteiger partial charge < -0.3 is 0 Å². The van der Waals surface area contributed by atoms with Gasteiger partial charge in [-0.15, -0.1) is 0 Å². The summed E-state index contributed by atoms with van der Waals surface area (Å²) in [5.74, 6) is 0. The molecule has 0 aliphatic rings. The average molecular weight is 107 g/mol. The Hall–Kier alpha value is -0.920. The van der Waals surface area contributed by atoms with Gasteiger partial charge in [-0.05, 0) is 12.0 Å². The molecule has 0 spiro atoms. The van der Waals surface area contributed by atoms with Crippen molar-refractivity contribution >= 4 is 0 Å². The summed E-state index contributed by atoms with van der Waals surface area (Å²) in [5.41, 5.74) is 1.06. The molecule has 0 saturated carbocycles. The van der Waals surface area contributed by atoms with Crippen molar-refractivity contribution in [2.45, 2.75) is 6.92 Å². The SMILES string of the molecule is C[CH]c1cncnc1. The number of rotatable bonds is 1. The molecule has 0 saturated heterocycles. The summed E-state index contributed by atoms with van der Waals surface area (Å²) >= 11 is 0. The van der Waals surface area contributed by atoms with Crippen molar-refractivity contribution in [3.05, 3.63) is 30.7 Å². The predicted octanol–water partition coefficient (Wildman–Crippen LogP) is 1.05. The van der Waals surface area contributed by atoms with Crippen LogP contribution >= 0.6 is 0 Å². The van der Waals surface area contributed by atoms with Gasteiger partial charge in [-0.1, -0.05) is 6.92 Å². The molecule has 1 heterocycles. The monoisotopic (exact) mass is 107 g/mol. The number of aromatic nitrogens is 2. The first-order valence-electron chi connectivity index (χ1n) is 2.48. The summed E-state index contributed by atoms with van der Waals surface area (Å²) in [5, 5.41) is 0. The van der Waals surface area contributed by atoms with E-state index in [1.807, 2.05) is 13.3 Å². The number of nitrogens with zero attached hydrogens (tertiary/aromatic N) is 2. The molecule has 0 N–H and O–H groups in total. The summed E-state index contributed by atoms with van der Waals surface area (Å²) in [6.07, 6.45) is 7.02. The molecule has 2 heteroatoms. The summed E-state index contributed by atoms with van der Waals surface area (Å²) in [6.45, 7) is 1.96. The largest absolute Gasteiger partial charge is 0.245 e. The van der Waals surface area contributed by atoms with E-state index in [2.05, 4.69) is 9.97 Å². The van der Waals surface area contributed by atoms with Gasteiger partial charge in [-0.25, -0.2) is 9.97 Å². The van der Waals surface area contributed by atoms with Crippen LogP contribution in [0.3, 0.4) is 0 Å². The van der Waals surface area contributed by atoms with Crippen LogP contribution in [-0.4, -0.2) is 9.97 Å². The minimum Gasteiger partial charge on any atom is -0.245 e. The third-order valence-corrected chi connectivity index (χ3v) is 0.914. The number of hydrogen-bond acceptors (Lipinski definition) is 2. The molecule has 0 aliphatic carbocycles. The third kappa shape index (κ3) is 1.03. The number of hydrogen-bond donors (Lipinski definition) is 0. The molecule has 0 amide bonds. The molecule has 2 nitrogen and oxygen atoms in total. The molecular weight excluding hydrogens is 100 g/mol. The zero-order valence-electron chi connectivity index (χ0n) is 4.70. The summed E-state index contributed by atoms with van der Waals surface area (Å²) in [7, 11) is 0. The van der Waals surface area contributed by atoms with E-state index in [-0.39, 0.29) is 0 Å². The molecule has 41 valence electrons. The highest BCUT2D eigenvalue weighted by molar-refractivity contribution is 5.11. The molecule has 0 unspecified atom stereocenters. The fourth-order valence-electron chi connectivity index (χ4n) is 0.460. The second kappa shape index (κ2) is 2.40. The van der Waals surface area contributed by atoms with Crippen molar-refractivity contribution < 1.29 is 0 Å². The van der Waals surface area contributed by atoms with Gasteiger partial charge in [0, 0.05) is 12.4 Å². The van der Waals surface area contributed by atoms with Gasteiger partial charge >= 0.3 is 0 Å². The first-order chi connectivity index (χ1) is 3.93. The maximum Gasteiger partial charge on any atom is 0.115 e. The van der Waals surface area contributed by atoms with Crippen LogP contribution in [0.4, 0.5) is 0 Å². The molecule has 8 heavy (non-hydrogen) atoms. The maximum atomic E-state index is 3.81. The molecule has 0 aromatic carbocycles. The van der Waals surface area contributed by atoms with Crippen LogP contribution in [0.25, 0.3) is 0 Å². The lowest BCUT2D eigenvalue weighted by Crippen LogP contribution is -1.80. The fraction of sp³-hybridized carbons (Fsp3) is 0.167. The van der Waals surface area contributed by atoms with Crippen LogP contribution in [0.5, 0.6) is 0 Å². The van der Waals surface area contributed by atoms with E-state index in [9.17, 15) is 0 Å². The smallest absolute Gasteiger partial charge is 0.115 e. The third-order valence-electron chi connectivity index (χ3n) is 0.914. The zero-order chi connectivity index (χ0) is 5.82. The maximum absolute atomic E-state index is 3.81. The minimum atomic E-state index is 1.06. The van der Waals surface area contributed by atoms with Crippen LogP contribution in [0, 0.1) is 6.42 Å². The first kappa shape index (κ1) is 5.22. The Morgan fingerprint density at radius 1 is 1.38 bits per heavy atom. The highest BCUT2D eigenvalue weighted by Gasteiger charge is 1.82. The normalized spacial score (nSPS) is 9.12. The van der Waals surface area contributed by atoms with Crippen molar-refractivity contribution in [3.8, 4) is 0 Å². The molecule has 1 radical (unpaired) electrons. The zero-order valence-corrected chi connectivity index (χ0v) is 4.70. The van der Waals surface area contributed by atoms with Gasteiger partial charge in [0.25, 0.3) is 0 Å². The Bertz CT molecular complexity index is 148. The van der Waals surface area contributed by atoms with Crippen LogP contribution in [0.15, 0.2) is 18.7 Å². The van der Waals surface area contributed by atoms with Crippen LogP contribution in [0.1, 0.15) is 12.5 Å². The van der Waals surface area contributed by atoms with Crippen molar-refractivity contribution in [3.63, 3.8) is 0 Å². The fourth-order valence-corrected chi connectivity index (χ4v) is 0.460. The molecule has 1 aromatic heterocycles. The predicted molar refractivity (Wildman–Crippen MR) is 31.1 cm³/mol. The van der Waals surface area contributed by atoms with E-state index in [0.29, 0.717) is 0 Å². The van der Waals surface area contributed by atoms with Crippen LogP contribution in [-0.2, 0) is 0 Å². The average Bonchev–Trinajstić information content (AvgIpc) is 1.90. The Balaban J connectivity index is 2.83. The van der Waals surface area contributed by atoms with Gasteiger partial charge in [-0.3, -0.25) is 0 Å². The van der Waals surface area contributed by atoms with Crippen molar-refractivity contribution in [1.29, 1.82) is 0 Å². The van der Waals surface area contributed by atoms with Crippen molar-refractivity contribution in [2.75, 3.05) is 0 Å². The summed E-state index contributed by atoms with van der Waals surface area (Å²) in [4.78, 5) is 7.63. The quantitative estimate of drug-likeness (QED) is 0.536. The second-order valence-electron chi connectivity index (χ2n) is 1.46. The van der Waals surface area contributed by atoms with Gasteiger partial charge in [0.15, 0.2) is 0 Å². The van der Waals surface area contributed by atoms with Gasteiger partial charge in [-0.2, -0.15) is 0 Å². The standard InChI is InChI=1S/C6H7N2/c1-2-6-3-7-5-8-4-6/h2-5H,1H3. The molecule has 0 fully saturated rings. The van der Waals surface area contributed by atoms with E-state index in [0.717, 1.165) is 5.56 Å². The summed E-state index contributed by atoms with van der Waals surface area (Å²) in [6, 6.07) is 0. The molecule has 0 atom stereocenters. The van der Waals surface area contributed by atoms with Crippen molar-refractivity contribution in [1.82, 2.24) is 9.97 Å². The highest BCUT2D eigenvalue weighted by Crippen LogP contribution is 1.93. The van der Waals surface area contributed by atoms with E-state index >= 15 is 0 Å². The lowest BCUT2D eigenvalue weighted by atomic mass is 10.3. The van der Waals surface area contributed by atoms with E-state index in [1.54, 1.807) is 12.4 Å². The van der Waals surface area contributed by atoms with Crippen LogP contribution < -0.4 is 0 Å². The van der Waals surface area contributed by atoms with Gasteiger partial charge in [0.2, 0.25) is 0 Å². The Morgan fingerprint density at radius 3 is 2.38 bits per heavy atom. The second-order valence-corrected chi connectivity index (χ2v) is 1.46. The molecule has 1 rings (SSSR count). The highest BCUT2D eigenvalue weighted by atomic mass is 14.8. The topological polar surface area (TPSA) is 25.8 Å². The van der Waals surface area contributed by atoms with E-state index in [1.165, 1.54) is 6.33 Å². The lowest BCUT2D eigenvalue weighted by molar-refractivity contribution is 1.13. The van der Waals surface area contributed by atoms with Gasteiger partial charge in [0.05, 0.1) is 0 Å². The Kier molecular flexibility index (Phi) is 1.57. The Morgan fingerprint density at radius 2 is 2.00 bits per heavy atom. The Labute approximate surface area is 48.6 Å². The first-order valence-corrected chi connectivity index (χ1v) is 2.48. The molecular formula is C6H7N2. The van der Waals surface area contributed by atoms with E-state index < -0.39 is 0 Å². The minimum absolute atomic E-state index is 1.06. The summed E-state index contributed by atoms with van der Waals surface area (Å²) < 4.78 is 0. The molecule has 0 aliphatic heterocycles. The lowest BCUT2D eigenvalue weighted by Gasteiger charge is -1.87. The van der Waals surface area contributed by atoms with E-state index in [4.69, 9.17) is 0 Å².